The fraction of sp³-hybridized carbons (Fsp3) is 0.0870. The van der Waals surface area contributed by atoms with Gasteiger partial charge in [0.1, 0.15) is 5.69 Å². The van der Waals surface area contributed by atoms with Crippen LogP contribution in [0.4, 0.5) is 11.4 Å². The summed E-state index contributed by atoms with van der Waals surface area (Å²) < 4.78 is 1.45. The number of nitro groups is 1. The average molecular weight is 481 g/mol. The molecular weight excluding hydrogens is 464 g/mol. The van der Waals surface area contributed by atoms with Crippen molar-refractivity contribution in [3.63, 3.8) is 0 Å². The minimum Gasteiger partial charge on any atom is -0.320 e. The van der Waals surface area contributed by atoms with Crippen LogP contribution in [0.3, 0.4) is 0 Å². The van der Waals surface area contributed by atoms with E-state index in [-0.39, 0.29) is 22.7 Å². The molecule has 0 unspecified atom stereocenters. The van der Waals surface area contributed by atoms with Gasteiger partial charge in [-0.1, -0.05) is 47.6 Å². The number of nitrogens with zero attached hydrogens (tertiary/aromatic N) is 3. The van der Waals surface area contributed by atoms with Crippen LogP contribution in [0, 0.1) is 17.0 Å². The molecule has 0 spiro atoms. The summed E-state index contributed by atoms with van der Waals surface area (Å²) >= 11 is 7.14. The third-order valence-corrected chi connectivity index (χ3v) is 5.94. The quantitative estimate of drug-likeness (QED) is 0.180. The number of amides is 1. The monoisotopic (exact) mass is 480 g/mol. The highest BCUT2D eigenvalue weighted by Crippen LogP contribution is 2.26. The van der Waals surface area contributed by atoms with Crippen LogP contribution in [0.2, 0.25) is 5.02 Å². The Morgan fingerprint density at radius 2 is 1.94 bits per heavy atom. The van der Waals surface area contributed by atoms with Crippen LogP contribution in [0.25, 0.3) is 16.6 Å². The molecule has 0 bridgehead atoms. The Balaban J connectivity index is 1.69. The second-order valence-corrected chi connectivity index (χ2v) is 8.53. The Labute approximate surface area is 197 Å². The van der Waals surface area contributed by atoms with Crippen molar-refractivity contribution in [1.29, 1.82) is 0 Å². The highest BCUT2D eigenvalue weighted by molar-refractivity contribution is 7.99. The Bertz CT molecular complexity index is 1450. The lowest BCUT2D eigenvalue weighted by Gasteiger charge is -2.14. The predicted molar refractivity (Wildman–Crippen MR) is 130 cm³/mol. The van der Waals surface area contributed by atoms with E-state index in [2.05, 4.69) is 10.3 Å². The topological polar surface area (TPSA) is 107 Å². The zero-order valence-electron chi connectivity index (χ0n) is 17.3. The zero-order chi connectivity index (χ0) is 23.5. The molecule has 8 nitrogen and oxygen atoms in total. The molecule has 0 aliphatic heterocycles. The van der Waals surface area contributed by atoms with Crippen molar-refractivity contribution in [2.24, 2.45) is 0 Å². The van der Waals surface area contributed by atoms with Crippen molar-refractivity contribution in [3.05, 3.63) is 97.8 Å². The maximum atomic E-state index is 13.3. The molecule has 1 aromatic heterocycles. The maximum absolute atomic E-state index is 13.3. The van der Waals surface area contributed by atoms with Crippen molar-refractivity contribution >= 4 is 51.5 Å². The number of nitrogens with one attached hydrogen (secondary N) is 1. The summed E-state index contributed by atoms with van der Waals surface area (Å²) in [7, 11) is 0. The molecule has 4 rings (SSSR count). The number of para-hydroxylation sites is 2. The summed E-state index contributed by atoms with van der Waals surface area (Å²) in [5, 5.41) is 14.9. The third kappa shape index (κ3) is 4.89. The molecule has 1 amide bonds. The molecule has 0 aliphatic rings. The van der Waals surface area contributed by atoms with Crippen LogP contribution >= 0.6 is 23.4 Å². The molecule has 4 aromatic rings. The molecule has 0 atom stereocenters. The standard InChI is InChI=1S/C23H17ClN4O4S/c1-14-5-4-6-16(11-14)27-22(30)17-10-9-15(24)12-19(17)26-23(27)33-13-21(29)25-18-7-2-3-8-20(18)28(31)32/h2-12H,13H2,1H3,(H,25,29). The van der Waals surface area contributed by atoms with E-state index in [1.165, 1.54) is 22.8 Å². The van der Waals surface area contributed by atoms with Crippen LogP contribution in [0.5, 0.6) is 0 Å². The Kier molecular flexibility index (Phi) is 6.43. The maximum Gasteiger partial charge on any atom is 0.292 e. The lowest BCUT2D eigenvalue weighted by atomic mass is 10.2. The van der Waals surface area contributed by atoms with Crippen LogP contribution in [0.15, 0.2) is 76.7 Å². The number of hydrogen-bond acceptors (Lipinski definition) is 6. The van der Waals surface area contributed by atoms with Gasteiger partial charge in [-0.25, -0.2) is 4.98 Å². The number of thioether (sulfide) groups is 1. The number of benzene rings is 3. The van der Waals surface area contributed by atoms with Crippen LogP contribution in [-0.4, -0.2) is 26.1 Å². The lowest BCUT2D eigenvalue weighted by Crippen LogP contribution is -2.23. The van der Waals surface area contributed by atoms with Crippen LogP contribution in [0.1, 0.15) is 5.56 Å². The zero-order valence-corrected chi connectivity index (χ0v) is 18.9. The van der Waals surface area contributed by atoms with Gasteiger partial charge in [0.15, 0.2) is 5.16 Å². The number of anilines is 1. The van der Waals surface area contributed by atoms with Crippen molar-refractivity contribution in [3.8, 4) is 5.69 Å². The molecule has 33 heavy (non-hydrogen) atoms. The molecule has 1 heterocycles. The van der Waals surface area contributed by atoms with E-state index in [0.29, 0.717) is 26.8 Å². The molecule has 0 saturated carbocycles. The summed E-state index contributed by atoms with van der Waals surface area (Å²) in [4.78, 5) is 41.1. The summed E-state index contributed by atoms with van der Waals surface area (Å²) in [6, 6.07) is 18.1. The largest absolute Gasteiger partial charge is 0.320 e. The minimum absolute atomic E-state index is 0.0995. The summed E-state index contributed by atoms with van der Waals surface area (Å²) in [6.45, 7) is 1.91. The van der Waals surface area contributed by atoms with E-state index in [1.54, 1.807) is 30.3 Å². The number of aromatic nitrogens is 2. The second-order valence-electron chi connectivity index (χ2n) is 7.15. The van der Waals surface area contributed by atoms with E-state index in [4.69, 9.17) is 11.6 Å². The molecular formula is C23H17ClN4O4S. The number of nitro benzene ring substituents is 1. The number of hydrogen-bond donors (Lipinski definition) is 1. The van der Waals surface area contributed by atoms with Crippen molar-refractivity contribution in [2.45, 2.75) is 12.1 Å². The van der Waals surface area contributed by atoms with Gasteiger partial charge < -0.3 is 5.32 Å². The number of rotatable bonds is 6. The van der Waals surface area contributed by atoms with E-state index < -0.39 is 10.8 Å². The molecule has 166 valence electrons. The van der Waals surface area contributed by atoms with Gasteiger partial charge in [-0.15, -0.1) is 0 Å². The number of halogens is 1. The van der Waals surface area contributed by atoms with Gasteiger partial charge in [-0.2, -0.15) is 0 Å². The minimum atomic E-state index is -0.563. The summed E-state index contributed by atoms with van der Waals surface area (Å²) in [6.07, 6.45) is 0. The molecule has 3 aromatic carbocycles. The first-order valence-electron chi connectivity index (χ1n) is 9.79. The highest BCUT2D eigenvalue weighted by Gasteiger charge is 2.18. The molecule has 0 saturated heterocycles. The van der Waals surface area contributed by atoms with E-state index in [0.717, 1.165) is 17.3 Å². The molecule has 10 heteroatoms. The lowest BCUT2D eigenvalue weighted by molar-refractivity contribution is -0.383. The van der Waals surface area contributed by atoms with Gasteiger partial charge in [0.2, 0.25) is 5.91 Å². The first-order chi connectivity index (χ1) is 15.8. The first kappa shape index (κ1) is 22.5. The Morgan fingerprint density at radius 3 is 2.70 bits per heavy atom. The van der Waals surface area contributed by atoms with Crippen molar-refractivity contribution in [1.82, 2.24) is 9.55 Å². The van der Waals surface area contributed by atoms with Crippen LogP contribution in [-0.2, 0) is 4.79 Å². The number of aryl methyl sites for hydroxylation is 1. The Morgan fingerprint density at radius 1 is 1.15 bits per heavy atom. The van der Waals surface area contributed by atoms with Crippen LogP contribution < -0.4 is 10.9 Å². The SMILES string of the molecule is Cc1cccc(-n2c(SCC(=O)Nc3ccccc3[N+](=O)[O-])nc3cc(Cl)ccc3c2=O)c1. The number of carbonyl (C=O) groups is 1. The molecule has 1 N–H and O–H groups in total. The van der Waals surface area contributed by atoms with E-state index >= 15 is 0 Å². The number of fused-ring (bicyclic) bond motifs is 1. The van der Waals surface area contributed by atoms with Crippen molar-refractivity contribution in [2.75, 3.05) is 11.1 Å². The molecule has 0 radical (unpaired) electrons. The fourth-order valence-corrected chi connectivity index (χ4v) is 4.26. The van der Waals surface area contributed by atoms with Gasteiger partial charge >= 0.3 is 0 Å². The Hall–Kier alpha value is -3.69. The first-order valence-corrected chi connectivity index (χ1v) is 11.2. The van der Waals surface area contributed by atoms with Crippen molar-refractivity contribution < 1.29 is 9.72 Å². The van der Waals surface area contributed by atoms with E-state index in [9.17, 15) is 19.7 Å². The smallest absolute Gasteiger partial charge is 0.292 e. The second kappa shape index (κ2) is 9.43. The summed E-state index contributed by atoms with van der Waals surface area (Å²) in [5.41, 5.74) is 1.60. The third-order valence-electron chi connectivity index (χ3n) is 4.77. The van der Waals surface area contributed by atoms with Gasteiger partial charge in [0, 0.05) is 11.1 Å². The normalized spacial score (nSPS) is 10.8. The molecule has 0 aliphatic carbocycles. The van der Waals surface area contributed by atoms with Gasteiger partial charge in [-0.05, 0) is 48.9 Å². The predicted octanol–water partition coefficient (Wildman–Crippen LogP) is 4.99. The average Bonchev–Trinajstić information content (AvgIpc) is 2.77. The van der Waals surface area contributed by atoms with E-state index in [1.807, 2.05) is 25.1 Å². The summed E-state index contributed by atoms with van der Waals surface area (Å²) in [5.74, 6) is -0.582. The molecule has 0 fully saturated rings. The van der Waals surface area contributed by atoms with Gasteiger partial charge in [0.05, 0.1) is 27.3 Å². The number of carbonyl (C=O) groups excluding carboxylic acids is 1. The fourth-order valence-electron chi connectivity index (χ4n) is 3.29. The van der Waals surface area contributed by atoms with Gasteiger partial charge in [0.25, 0.3) is 11.2 Å². The van der Waals surface area contributed by atoms with Gasteiger partial charge in [-0.3, -0.25) is 24.3 Å². The highest BCUT2D eigenvalue weighted by atomic mass is 35.5.